The Morgan fingerprint density at radius 3 is 2.74 bits per heavy atom. The molecule has 130 valence electrons. The smallest absolute Gasteiger partial charge is 0.0540 e. The molecule has 0 radical (unpaired) electrons. The van der Waals surface area contributed by atoms with Gasteiger partial charge in [0.2, 0.25) is 0 Å². The fourth-order valence-electron chi connectivity index (χ4n) is 5.16. The van der Waals surface area contributed by atoms with Gasteiger partial charge in [-0.15, -0.1) is 0 Å². The van der Waals surface area contributed by atoms with Crippen molar-refractivity contribution in [3.63, 3.8) is 0 Å². The third kappa shape index (κ3) is 4.42. The molecule has 2 rings (SSSR count). The molecule has 0 aromatic carbocycles. The summed E-state index contributed by atoms with van der Waals surface area (Å²) in [7, 11) is 0. The lowest BCUT2D eigenvalue weighted by Crippen LogP contribution is -2.35. The summed E-state index contributed by atoms with van der Waals surface area (Å²) in [5.74, 6) is 9.75. The molecule has 1 fully saturated rings. The maximum absolute atomic E-state index is 8.95. The normalized spacial score (nSPS) is 31.3. The molecule has 0 aromatic heterocycles. The molecule has 0 heterocycles. The monoisotopic (exact) mass is 316 g/mol. The van der Waals surface area contributed by atoms with Crippen LogP contribution in [0.5, 0.6) is 0 Å². The number of aliphatic hydroxyl groups is 1. The SMILES string of the molecule is CC(C)CCC[C@@H](C)[C@H]1CC[C@H]2C(C#CCCO)=CCC[C@]12C. The fourth-order valence-corrected chi connectivity index (χ4v) is 5.16. The van der Waals surface area contributed by atoms with Gasteiger partial charge in [-0.05, 0) is 54.8 Å². The van der Waals surface area contributed by atoms with E-state index in [1.54, 1.807) is 0 Å². The van der Waals surface area contributed by atoms with Gasteiger partial charge < -0.3 is 5.11 Å². The average Bonchev–Trinajstić information content (AvgIpc) is 2.85. The minimum Gasteiger partial charge on any atom is -0.395 e. The largest absolute Gasteiger partial charge is 0.395 e. The van der Waals surface area contributed by atoms with Crippen LogP contribution in [0.15, 0.2) is 11.6 Å². The lowest BCUT2D eigenvalue weighted by molar-refractivity contribution is 0.108. The molecule has 1 heteroatoms. The Balaban J connectivity index is 2.01. The summed E-state index contributed by atoms with van der Waals surface area (Å²) < 4.78 is 0. The van der Waals surface area contributed by atoms with Crippen LogP contribution in [-0.4, -0.2) is 11.7 Å². The Morgan fingerprint density at radius 2 is 2.04 bits per heavy atom. The van der Waals surface area contributed by atoms with E-state index in [1.165, 1.54) is 50.5 Å². The lowest BCUT2D eigenvalue weighted by Gasteiger charge is -2.42. The molecule has 4 atom stereocenters. The van der Waals surface area contributed by atoms with Crippen molar-refractivity contribution in [2.45, 2.75) is 79.1 Å². The van der Waals surface area contributed by atoms with Crippen LogP contribution < -0.4 is 0 Å². The van der Waals surface area contributed by atoms with Gasteiger partial charge in [-0.25, -0.2) is 0 Å². The number of fused-ring (bicyclic) bond motifs is 1. The molecule has 0 aliphatic heterocycles. The third-order valence-corrected chi connectivity index (χ3v) is 6.43. The zero-order valence-electron chi connectivity index (χ0n) is 15.7. The molecule has 2 aliphatic carbocycles. The molecule has 1 saturated carbocycles. The van der Waals surface area contributed by atoms with E-state index in [9.17, 15) is 0 Å². The minimum atomic E-state index is 0.178. The van der Waals surface area contributed by atoms with Gasteiger partial charge >= 0.3 is 0 Å². The van der Waals surface area contributed by atoms with Gasteiger partial charge in [0, 0.05) is 12.0 Å². The van der Waals surface area contributed by atoms with Crippen molar-refractivity contribution in [3.05, 3.63) is 11.6 Å². The number of hydrogen-bond acceptors (Lipinski definition) is 1. The Kier molecular flexibility index (Phi) is 6.78. The summed E-state index contributed by atoms with van der Waals surface area (Å²) in [6.07, 6.45) is 12.3. The second kappa shape index (κ2) is 8.39. The van der Waals surface area contributed by atoms with Gasteiger partial charge in [-0.3, -0.25) is 0 Å². The van der Waals surface area contributed by atoms with Crippen LogP contribution >= 0.6 is 0 Å². The van der Waals surface area contributed by atoms with E-state index in [-0.39, 0.29) is 6.61 Å². The highest BCUT2D eigenvalue weighted by molar-refractivity contribution is 5.35. The minimum absolute atomic E-state index is 0.178. The molecule has 1 nitrogen and oxygen atoms in total. The summed E-state index contributed by atoms with van der Waals surface area (Å²) in [6.45, 7) is 9.88. The van der Waals surface area contributed by atoms with Gasteiger partial charge in [0.15, 0.2) is 0 Å². The molecule has 0 saturated heterocycles. The summed E-state index contributed by atoms with van der Waals surface area (Å²) in [4.78, 5) is 0. The van der Waals surface area contributed by atoms with Crippen molar-refractivity contribution in [2.24, 2.45) is 29.1 Å². The van der Waals surface area contributed by atoms with Crippen molar-refractivity contribution < 1.29 is 5.11 Å². The molecule has 2 aliphatic rings. The predicted molar refractivity (Wildman–Crippen MR) is 99.0 cm³/mol. The van der Waals surface area contributed by atoms with E-state index in [4.69, 9.17) is 5.11 Å². The summed E-state index contributed by atoms with van der Waals surface area (Å²) in [5.41, 5.74) is 1.83. The highest BCUT2D eigenvalue weighted by atomic mass is 16.2. The quantitative estimate of drug-likeness (QED) is 0.634. The van der Waals surface area contributed by atoms with Gasteiger partial charge in [0.05, 0.1) is 6.61 Å². The maximum atomic E-state index is 8.95. The summed E-state index contributed by atoms with van der Waals surface area (Å²) in [5, 5.41) is 8.95. The van der Waals surface area contributed by atoms with Crippen molar-refractivity contribution in [3.8, 4) is 11.8 Å². The number of aliphatic hydroxyl groups excluding tert-OH is 1. The zero-order chi connectivity index (χ0) is 16.9. The van der Waals surface area contributed by atoms with Crippen LogP contribution in [0.25, 0.3) is 0 Å². The first-order valence-corrected chi connectivity index (χ1v) is 9.78. The van der Waals surface area contributed by atoms with Crippen LogP contribution in [0.3, 0.4) is 0 Å². The summed E-state index contributed by atoms with van der Waals surface area (Å²) >= 11 is 0. The molecule has 0 aromatic rings. The van der Waals surface area contributed by atoms with Gasteiger partial charge in [0.1, 0.15) is 0 Å². The Labute approximate surface area is 143 Å². The first-order valence-electron chi connectivity index (χ1n) is 9.78. The number of allylic oxidation sites excluding steroid dienone is 2. The molecular weight excluding hydrogens is 280 g/mol. The predicted octanol–water partition coefficient (Wildman–Crippen LogP) is 5.59. The summed E-state index contributed by atoms with van der Waals surface area (Å²) in [6, 6.07) is 0. The van der Waals surface area contributed by atoms with Crippen molar-refractivity contribution >= 4 is 0 Å². The molecule has 1 N–H and O–H groups in total. The Morgan fingerprint density at radius 1 is 1.26 bits per heavy atom. The fraction of sp³-hybridized carbons (Fsp3) is 0.818. The van der Waals surface area contributed by atoms with Crippen LogP contribution in [0.4, 0.5) is 0 Å². The van der Waals surface area contributed by atoms with Gasteiger partial charge in [-0.1, -0.05) is 64.9 Å². The number of hydrogen-bond donors (Lipinski definition) is 1. The van der Waals surface area contributed by atoms with Crippen molar-refractivity contribution in [1.82, 2.24) is 0 Å². The molecule has 0 spiro atoms. The van der Waals surface area contributed by atoms with Gasteiger partial charge in [-0.2, -0.15) is 0 Å². The van der Waals surface area contributed by atoms with E-state index in [2.05, 4.69) is 45.6 Å². The van der Waals surface area contributed by atoms with Crippen LogP contribution in [0, 0.1) is 40.9 Å². The number of rotatable bonds is 6. The molecule has 0 bridgehead atoms. The van der Waals surface area contributed by atoms with Crippen molar-refractivity contribution in [2.75, 3.05) is 6.61 Å². The standard InChI is InChI=1S/C22H36O/c1-17(2)9-7-10-18(3)20-13-14-21-19(11-5-6-16-23)12-8-15-22(20,21)4/h12,17-18,20-21,23H,6-10,13-16H2,1-4H3/t18-,20-,21+,22-/m1/s1. The Hall–Kier alpha value is -0.740. The highest BCUT2D eigenvalue weighted by Crippen LogP contribution is 2.58. The second-order valence-corrected chi connectivity index (χ2v) is 8.52. The average molecular weight is 317 g/mol. The lowest BCUT2D eigenvalue weighted by atomic mass is 9.62. The Bertz CT molecular complexity index is 464. The second-order valence-electron chi connectivity index (χ2n) is 8.52. The third-order valence-electron chi connectivity index (χ3n) is 6.43. The maximum Gasteiger partial charge on any atom is 0.0540 e. The first-order chi connectivity index (χ1) is 11.0. The van der Waals surface area contributed by atoms with Crippen LogP contribution in [0.2, 0.25) is 0 Å². The van der Waals surface area contributed by atoms with Crippen molar-refractivity contribution in [1.29, 1.82) is 0 Å². The highest BCUT2D eigenvalue weighted by Gasteiger charge is 2.49. The van der Waals surface area contributed by atoms with Crippen LogP contribution in [0.1, 0.15) is 79.1 Å². The van der Waals surface area contributed by atoms with Gasteiger partial charge in [0.25, 0.3) is 0 Å². The van der Waals surface area contributed by atoms with E-state index in [1.807, 2.05) is 0 Å². The molecule has 0 amide bonds. The van der Waals surface area contributed by atoms with Crippen LogP contribution in [-0.2, 0) is 0 Å². The zero-order valence-corrected chi connectivity index (χ0v) is 15.7. The molecule has 0 unspecified atom stereocenters. The van der Waals surface area contributed by atoms with E-state index >= 15 is 0 Å². The van der Waals surface area contributed by atoms with E-state index < -0.39 is 0 Å². The topological polar surface area (TPSA) is 20.2 Å². The van der Waals surface area contributed by atoms with E-state index in [0.717, 1.165) is 17.8 Å². The van der Waals surface area contributed by atoms with E-state index in [0.29, 0.717) is 17.8 Å². The molecule has 23 heavy (non-hydrogen) atoms. The molecular formula is C22H36O. The first kappa shape index (κ1) is 18.6.